The number of hydrogen-bond donors (Lipinski definition) is 5. The SMILES string of the molecule is NC1CC(n2cnc3c(NCC(c4ccccc4)c4ccccc4)nc(Cl)nc32)C(O)C1O.O=C(O)C(F)(F)F. The van der Waals surface area contributed by atoms with Gasteiger partial charge in [0.05, 0.1) is 18.5 Å². The summed E-state index contributed by atoms with van der Waals surface area (Å²) in [5.74, 6) is -2.16. The molecule has 0 amide bonds. The number of carboxylic acid groups (broad SMARTS) is 1. The monoisotopic (exact) mass is 578 g/mol. The number of carbonyl (C=O) groups is 1. The molecule has 212 valence electrons. The van der Waals surface area contributed by atoms with Crippen LogP contribution in [0.25, 0.3) is 11.2 Å². The van der Waals surface area contributed by atoms with E-state index in [4.69, 9.17) is 27.2 Å². The van der Waals surface area contributed by atoms with Crippen molar-refractivity contribution in [2.75, 3.05) is 11.9 Å². The van der Waals surface area contributed by atoms with Crippen LogP contribution in [0.2, 0.25) is 5.28 Å². The van der Waals surface area contributed by atoms with Gasteiger partial charge in [0.15, 0.2) is 17.0 Å². The fourth-order valence-electron chi connectivity index (χ4n) is 4.57. The van der Waals surface area contributed by atoms with Crippen molar-refractivity contribution in [2.45, 2.75) is 42.8 Å². The van der Waals surface area contributed by atoms with Gasteiger partial charge in [0.1, 0.15) is 6.10 Å². The van der Waals surface area contributed by atoms with Crippen molar-refractivity contribution in [3.8, 4) is 0 Å². The van der Waals surface area contributed by atoms with Crippen LogP contribution in [0, 0.1) is 0 Å². The van der Waals surface area contributed by atoms with E-state index in [2.05, 4.69) is 44.5 Å². The number of alkyl halides is 3. The largest absolute Gasteiger partial charge is 0.490 e. The van der Waals surface area contributed by atoms with Gasteiger partial charge in [-0.1, -0.05) is 60.7 Å². The van der Waals surface area contributed by atoms with Gasteiger partial charge < -0.3 is 30.9 Å². The minimum absolute atomic E-state index is 0.0695. The Kier molecular flexibility index (Phi) is 8.88. The van der Waals surface area contributed by atoms with Gasteiger partial charge in [-0.2, -0.15) is 23.1 Å². The Morgan fingerprint density at radius 2 is 1.60 bits per heavy atom. The second-order valence-corrected chi connectivity index (χ2v) is 9.51. The van der Waals surface area contributed by atoms with Crippen LogP contribution in [0.1, 0.15) is 29.5 Å². The molecule has 6 N–H and O–H groups in total. The molecule has 1 aliphatic rings. The van der Waals surface area contributed by atoms with Crippen LogP contribution in [0.5, 0.6) is 0 Å². The average molecular weight is 579 g/mol. The number of aliphatic carboxylic acids is 1. The summed E-state index contributed by atoms with van der Waals surface area (Å²) in [5.41, 5.74) is 9.33. The predicted octanol–water partition coefficient (Wildman–Crippen LogP) is 3.35. The minimum Gasteiger partial charge on any atom is -0.475 e. The Morgan fingerprint density at radius 1 is 1.05 bits per heavy atom. The number of benzene rings is 2. The molecule has 14 heteroatoms. The van der Waals surface area contributed by atoms with E-state index >= 15 is 0 Å². The van der Waals surface area contributed by atoms with E-state index in [0.29, 0.717) is 29.9 Å². The van der Waals surface area contributed by atoms with E-state index in [9.17, 15) is 23.4 Å². The van der Waals surface area contributed by atoms with E-state index < -0.39 is 36.4 Å². The lowest BCUT2D eigenvalue weighted by Gasteiger charge is -2.20. The number of aliphatic hydroxyl groups excluding tert-OH is 2. The highest BCUT2D eigenvalue weighted by Gasteiger charge is 2.41. The van der Waals surface area contributed by atoms with Gasteiger partial charge in [-0.25, -0.2) is 9.78 Å². The first-order chi connectivity index (χ1) is 19.0. The molecule has 0 aliphatic heterocycles. The Bertz CT molecular complexity index is 1400. The highest BCUT2D eigenvalue weighted by Crippen LogP contribution is 2.34. The first-order valence-electron chi connectivity index (χ1n) is 12.1. The summed E-state index contributed by atoms with van der Waals surface area (Å²) in [4.78, 5) is 22.1. The number of fused-ring (bicyclic) bond motifs is 1. The molecule has 2 aromatic heterocycles. The Morgan fingerprint density at radius 3 is 2.08 bits per heavy atom. The molecule has 1 fully saturated rings. The van der Waals surface area contributed by atoms with Crippen LogP contribution in [0.4, 0.5) is 19.0 Å². The number of nitrogens with zero attached hydrogens (tertiary/aromatic N) is 4. The summed E-state index contributed by atoms with van der Waals surface area (Å²) < 4.78 is 33.5. The normalized spacial score (nSPS) is 20.8. The molecule has 40 heavy (non-hydrogen) atoms. The fraction of sp³-hybridized carbons (Fsp3) is 0.308. The quantitative estimate of drug-likeness (QED) is 0.216. The van der Waals surface area contributed by atoms with Crippen molar-refractivity contribution in [3.63, 3.8) is 0 Å². The number of nitrogens with one attached hydrogen (secondary N) is 1. The maximum Gasteiger partial charge on any atom is 0.490 e. The van der Waals surface area contributed by atoms with Crippen molar-refractivity contribution < 1.29 is 33.3 Å². The zero-order valence-corrected chi connectivity index (χ0v) is 21.5. The lowest BCUT2D eigenvalue weighted by atomic mass is 9.91. The molecule has 1 aliphatic carbocycles. The molecule has 1 saturated carbocycles. The van der Waals surface area contributed by atoms with Gasteiger partial charge in [0.2, 0.25) is 5.28 Å². The van der Waals surface area contributed by atoms with Gasteiger partial charge in [0, 0.05) is 18.5 Å². The lowest BCUT2D eigenvalue weighted by molar-refractivity contribution is -0.192. The minimum atomic E-state index is -5.08. The number of anilines is 1. The van der Waals surface area contributed by atoms with E-state index in [1.807, 2.05) is 36.4 Å². The Hall–Kier alpha value is -3.78. The molecule has 0 bridgehead atoms. The number of aromatic nitrogens is 4. The number of imidazole rings is 1. The molecular weight excluding hydrogens is 553 g/mol. The molecule has 4 atom stereocenters. The predicted molar refractivity (Wildman–Crippen MR) is 141 cm³/mol. The molecular formula is C26H26ClF3N6O4. The average Bonchev–Trinajstić information content (AvgIpc) is 3.45. The van der Waals surface area contributed by atoms with Crippen molar-refractivity contribution in [3.05, 3.63) is 83.4 Å². The van der Waals surface area contributed by atoms with E-state index in [1.54, 1.807) is 10.9 Å². The first kappa shape index (κ1) is 29.2. The molecule has 0 radical (unpaired) electrons. The number of nitrogens with two attached hydrogens (primary N) is 1. The topological polar surface area (TPSA) is 159 Å². The van der Waals surface area contributed by atoms with E-state index in [-0.39, 0.29) is 11.2 Å². The van der Waals surface area contributed by atoms with Crippen molar-refractivity contribution in [1.82, 2.24) is 19.5 Å². The van der Waals surface area contributed by atoms with Gasteiger partial charge in [-0.05, 0) is 29.1 Å². The van der Waals surface area contributed by atoms with Gasteiger partial charge in [0.25, 0.3) is 0 Å². The number of rotatable bonds is 6. The van der Waals surface area contributed by atoms with E-state index in [0.717, 1.165) is 0 Å². The molecule has 2 heterocycles. The van der Waals surface area contributed by atoms with Crippen LogP contribution in [0.15, 0.2) is 67.0 Å². The summed E-state index contributed by atoms with van der Waals surface area (Å²) in [6.07, 6.45) is -5.10. The first-order valence-corrected chi connectivity index (χ1v) is 12.5. The maximum atomic E-state index is 10.6. The maximum absolute atomic E-state index is 10.6. The van der Waals surface area contributed by atoms with Gasteiger partial charge >= 0.3 is 12.1 Å². The molecule has 4 aromatic rings. The highest BCUT2D eigenvalue weighted by molar-refractivity contribution is 6.28. The number of halogens is 4. The molecule has 0 spiro atoms. The second-order valence-electron chi connectivity index (χ2n) is 9.17. The summed E-state index contributed by atoms with van der Waals surface area (Å²) in [6, 6.07) is 19.6. The van der Waals surface area contributed by atoms with Crippen LogP contribution in [-0.2, 0) is 4.79 Å². The molecule has 5 rings (SSSR count). The van der Waals surface area contributed by atoms with Crippen LogP contribution >= 0.6 is 11.6 Å². The zero-order valence-electron chi connectivity index (χ0n) is 20.8. The molecule has 0 saturated heterocycles. The highest BCUT2D eigenvalue weighted by atomic mass is 35.5. The van der Waals surface area contributed by atoms with Crippen LogP contribution in [-0.4, -0.2) is 71.8 Å². The lowest BCUT2D eigenvalue weighted by Crippen LogP contribution is -2.35. The van der Waals surface area contributed by atoms with Gasteiger partial charge in [-0.3, -0.25) is 0 Å². The Labute approximate surface area is 231 Å². The summed E-state index contributed by atoms with van der Waals surface area (Å²) in [6.45, 7) is 0.568. The van der Waals surface area contributed by atoms with Crippen molar-refractivity contribution in [1.29, 1.82) is 0 Å². The number of carboxylic acids is 1. The smallest absolute Gasteiger partial charge is 0.475 e. The summed E-state index contributed by atoms with van der Waals surface area (Å²) in [7, 11) is 0. The fourth-order valence-corrected chi connectivity index (χ4v) is 4.73. The number of hydrogen-bond acceptors (Lipinski definition) is 8. The van der Waals surface area contributed by atoms with Crippen LogP contribution < -0.4 is 11.1 Å². The van der Waals surface area contributed by atoms with Crippen molar-refractivity contribution in [2.24, 2.45) is 5.73 Å². The third-order valence-electron chi connectivity index (χ3n) is 6.57. The molecule has 10 nitrogen and oxygen atoms in total. The standard InChI is InChI=1S/C24H25ClN6O2.C2HF3O2/c25-24-29-22(19-23(30-24)31(13-28-19)18-11-17(26)20(32)21(18)33)27-12-16(14-7-3-1-4-8-14)15-9-5-2-6-10-15;3-2(4,5)1(6)7/h1-10,13,16-18,20-21,32-33H,11-12,26H2,(H,27,29,30);(H,6,7). The molecule has 4 unspecified atom stereocenters. The van der Waals surface area contributed by atoms with Gasteiger partial charge in [-0.15, -0.1) is 0 Å². The van der Waals surface area contributed by atoms with Crippen molar-refractivity contribution >= 4 is 34.6 Å². The Balaban J connectivity index is 0.000000470. The van der Waals surface area contributed by atoms with Crippen LogP contribution in [0.3, 0.4) is 0 Å². The third-order valence-corrected chi connectivity index (χ3v) is 6.74. The third kappa shape index (κ3) is 6.50. The zero-order chi connectivity index (χ0) is 29.0. The van der Waals surface area contributed by atoms with E-state index in [1.165, 1.54) is 11.1 Å². The summed E-state index contributed by atoms with van der Waals surface area (Å²) in [5, 5.41) is 31.2. The number of aliphatic hydroxyl groups is 2. The molecule has 2 aromatic carbocycles. The second kappa shape index (κ2) is 12.2. The summed E-state index contributed by atoms with van der Waals surface area (Å²) >= 11 is 6.26.